The summed E-state index contributed by atoms with van der Waals surface area (Å²) in [5, 5.41) is 9.96. The fraction of sp³-hybridized carbons (Fsp3) is 0.538. The van der Waals surface area contributed by atoms with Gasteiger partial charge in [-0.05, 0) is 43.4 Å². The van der Waals surface area contributed by atoms with Crippen molar-refractivity contribution in [3.63, 3.8) is 0 Å². The van der Waals surface area contributed by atoms with E-state index in [9.17, 15) is 5.11 Å². The molecule has 0 aromatic heterocycles. The molecule has 1 rings (SSSR count). The maximum absolute atomic E-state index is 9.96. The third-order valence-electron chi connectivity index (χ3n) is 2.97. The average molecular weight is 207 g/mol. The third kappa shape index (κ3) is 3.33. The zero-order valence-electron chi connectivity index (χ0n) is 9.83. The molecule has 0 aliphatic heterocycles. The Kier molecular flexibility index (Phi) is 4.30. The maximum atomic E-state index is 9.96. The summed E-state index contributed by atoms with van der Waals surface area (Å²) in [6.45, 7) is 6.17. The fourth-order valence-electron chi connectivity index (χ4n) is 1.56. The van der Waals surface area contributed by atoms with Crippen molar-refractivity contribution in [2.75, 3.05) is 0 Å². The van der Waals surface area contributed by atoms with Crippen molar-refractivity contribution < 1.29 is 5.11 Å². The van der Waals surface area contributed by atoms with E-state index in [1.54, 1.807) is 0 Å². The zero-order valence-corrected chi connectivity index (χ0v) is 9.83. The minimum atomic E-state index is -0.431. The second-order valence-corrected chi connectivity index (χ2v) is 4.26. The van der Waals surface area contributed by atoms with Crippen LogP contribution in [0.15, 0.2) is 18.2 Å². The first-order chi connectivity index (χ1) is 7.04. The van der Waals surface area contributed by atoms with Crippen molar-refractivity contribution in [2.45, 2.75) is 45.8 Å². The number of aliphatic hydroxyl groups excluding tert-OH is 1. The molecule has 3 N–H and O–H groups in total. The molecular formula is C13H21NO. The molecule has 0 saturated carbocycles. The molecule has 2 nitrogen and oxygen atoms in total. The lowest BCUT2D eigenvalue weighted by Crippen LogP contribution is -2.21. The molecule has 0 fully saturated rings. The molecule has 0 saturated heterocycles. The summed E-state index contributed by atoms with van der Waals surface area (Å²) < 4.78 is 0. The molecule has 0 heterocycles. The normalized spacial score (nSPS) is 15.0. The molecule has 2 heteroatoms. The highest BCUT2D eigenvalue weighted by atomic mass is 16.3. The number of hydrogen-bond donors (Lipinski definition) is 2. The van der Waals surface area contributed by atoms with Crippen molar-refractivity contribution >= 4 is 0 Å². The van der Waals surface area contributed by atoms with Gasteiger partial charge in [0.25, 0.3) is 0 Å². The molecule has 0 radical (unpaired) electrons. The van der Waals surface area contributed by atoms with E-state index in [1.165, 1.54) is 11.1 Å². The van der Waals surface area contributed by atoms with Gasteiger partial charge in [0, 0.05) is 6.04 Å². The second-order valence-electron chi connectivity index (χ2n) is 4.26. The van der Waals surface area contributed by atoms with Crippen molar-refractivity contribution in [1.29, 1.82) is 0 Å². The van der Waals surface area contributed by atoms with Crippen LogP contribution in [0.5, 0.6) is 0 Å². The summed E-state index contributed by atoms with van der Waals surface area (Å²) >= 11 is 0. The van der Waals surface area contributed by atoms with Crippen molar-refractivity contribution in [3.8, 4) is 0 Å². The van der Waals surface area contributed by atoms with Crippen LogP contribution in [0.2, 0.25) is 0 Å². The SMILES string of the molecule is CCC(N)CC(O)c1ccc(C)c(C)c1. The molecule has 15 heavy (non-hydrogen) atoms. The highest BCUT2D eigenvalue weighted by Crippen LogP contribution is 2.21. The van der Waals surface area contributed by atoms with Gasteiger partial charge < -0.3 is 10.8 Å². The van der Waals surface area contributed by atoms with E-state index in [4.69, 9.17) is 5.73 Å². The molecule has 2 atom stereocenters. The van der Waals surface area contributed by atoms with Crippen LogP contribution in [-0.4, -0.2) is 11.1 Å². The first kappa shape index (κ1) is 12.2. The lowest BCUT2D eigenvalue weighted by atomic mass is 9.98. The van der Waals surface area contributed by atoms with Crippen LogP contribution in [-0.2, 0) is 0 Å². The van der Waals surface area contributed by atoms with Crippen LogP contribution in [0, 0.1) is 13.8 Å². The van der Waals surface area contributed by atoms with E-state index in [1.807, 2.05) is 25.1 Å². The molecule has 1 aromatic rings. The van der Waals surface area contributed by atoms with Gasteiger partial charge in [0.2, 0.25) is 0 Å². The molecular weight excluding hydrogens is 186 g/mol. The van der Waals surface area contributed by atoms with E-state index >= 15 is 0 Å². The Labute approximate surface area is 92.1 Å². The van der Waals surface area contributed by atoms with E-state index in [2.05, 4.69) is 13.8 Å². The van der Waals surface area contributed by atoms with Gasteiger partial charge in [-0.15, -0.1) is 0 Å². The standard InChI is InChI=1S/C13H21NO/c1-4-12(14)8-13(15)11-6-5-9(2)10(3)7-11/h5-7,12-13,15H,4,8,14H2,1-3H3. The third-order valence-corrected chi connectivity index (χ3v) is 2.97. The summed E-state index contributed by atoms with van der Waals surface area (Å²) in [5.41, 5.74) is 9.27. The maximum Gasteiger partial charge on any atom is 0.0804 e. The lowest BCUT2D eigenvalue weighted by molar-refractivity contribution is 0.157. The largest absolute Gasteiger partial charge is 0.388 e. The van der Waals surface area contributed by atoms with Crippen LogP contribution >= 0.6 is 0 Å². The first-order valence-corrected chi connectivity index (χ1v) is 5.55. The Hall–Kier alpha value is -0.860. The summed E-state index contributed by atoms with van der Waals surface area (Å²) in [6, 6.07) is 6.16. The van der Waals surface area contributed by atoms with Crippen molar-refractivity contribution in [2.24, 2.45) is 5.73 Å². The Morgan fingerprint density at radius 3 is 2.47 bits per heavy atom. The quantitative estimate of drug-likeness (QED) is 0.796. The van der Waals surface area contributed by atoms with Gasteiger partial charge in [-0.1, -0.05) is 25.1 Å². The number of rotatable bonds is 4. The summed E-state index contributed by atoms with van der Waals surface area (Å²) in [7, 11) is 0. The molecule has 2 unspecified atom stereocenters. The lowest BCUT2D eigenvalue weighted by Gasteiger charge is -2.16. The summed E-state index contributed by atoms with van der Waals surface area (Å²) in [6.07, 6.45) is 1.11. The number of benzene rings is 1. The molecule has 84 valence electrons. The number of aryl methyl sites for hydroxylation is 2. The first-order valence-electron chi connectivity index (χ1n) is 5.55. The smallest absolute Gasteiger partial charge is 0.0804 e. The average Bonchev–Trinajstić information content (AvgIpc) is 2.21. The van der Waals surface area contributed by atoms with Crippen LogP contribution in [0.3, 0.4) is 0 Å². The molecule has 0 amide bonds. The molecule has 0 aliphatic carbocycles. The zero-order chi connectivity index (χ0) is 11.4. The van der Waals surface area contributed by atoms with Crippen LogP contribution in [0.1, 0.15) is 42.6 Å². The van der Waals surface area contributed by atoms with E-state index in [-0.39, 0.29) is 6.04 Å². The van der Waals surface area contributed by atoms with Crippen molar-refractivity contribution in [1.82, 2.24) is 0 Å². The molecule has 0 spiro atoms. The Morgan fingerprint density at radius 2 is 1.93 bits per heavy atom. The summed E-state index contributed by atoms with van der Waals surface area (Å²) in [4.78, 5) is 0. The number of nitrogens with two attached hydrogens (primary N) is 1. The van der Waals surface area contributed by atoms with Gasteiger partial charge in [-0.2, -0.15) is 0 Å². The van der Waals surface area contributed by atoms with E-state index in [0.717, 1.165) is 12.0 Å². The minimum Gasteiger partial charge on any atom is -0.388 e. The van der Waals surface area contributed by atoms with Gasteiger partial charge in [0.1, 0.15) is 0 Å². The van der Waals surface area contributed by atoms with E-state index in [0.29, 0.717) is 6.42 Å². The minimum absolute atomic E-state index is 0.0848. The van der Waals surface area contributed by atoms with Crippen molar-refractivity contribution in [3.05, 3.63) is 34.9 Å². The second kappa shape index (κ2) is 5.29. The van der Waals surface area contributed by atoms with Gasteiger partial charge in [-0.25, -0.2) is 0 Å². The molecule has 1 aromatic carbocycles. The highest BCUT2D eigenvalue weighted by molar-refractivity contribution is 5.31. The predicted molar refractivity (Wildman–Crippen MR) is 63.8 cm³/mol. The molecule has 0 aliphatic rings. The fourth-order valence-corrected chi connectivity index (χ4v) is 1.56. The van der Waals surface area contributed by atoms with Crippen LogP contribution in [0.4, 0.5) is 0 Å². The van der Waals surface area contributed by atoms with Gasteiger partial charge in [-0.3, -0.25) is 0 Å². The summed E-state index contributed by atoms with van der Waals surface area (Å²) in [5.74, 6) is 0. The molecule has 0 bridgehead atoms. The monoisotopic (exact) mass is 207 g/mol. The Morgan fingerprint density at radius 1 is 1.27 bits per heavy atom. The predicted octanol–water partition coefficient (Wildman–Crippen LogP) is 2.46. The van der Waals surface area contributed by atoms with E-state index < -0.39 is 6.10 Å². The number of aliphatic hydroxyl groups is 1. The van der Waals surface area contributed by atoms with Gasteiger partial charge in [0.05, 0.1) is 6.10 Å². The Bertz CT molecular complexity index is 322. The van der Waals surface area contributed by atoms with Crippen LogP contribution < -0.4 is 5.73 Å². The number of hydrogen-bond acceptors (Lipinski definition) is 2. The van der Waals surface area contributed by atoms with Gasteiger partial charge in [0.15, 0.2) is 0 Å². The van der Waals surface area contributed by atoms with Crippen LogP contribution in [0.25, 0.3) is 0 Å². The highest BCUT2D eigenvalue weighted by Gasteiger charge is 2.11. The van der Waals surface area contributed by atoms with Gasteiger partial charge >= 0.3 is 0 Å². The topological polar surface area (TPSA) is 46.2 Å². The Balaban J connectivity index is 2.73.